The van der Waals surface area contributed by atoms with Crippen LogP contribution in [0.1, 0.15) is 54.2 Å². The molecular formula is C11H14N2O. The van der Waals surface area contributed by atoms with Crippen molar-refractivity contribution in [2.75, 3.05) is 0 Å². The quantitative estimate of drug-likeness (QED) is 0.672. The molecule has 0 amide bonds. The summed E-state index contributed by atoms with van der Waals surface area (Å²) in [6, 6.07) is 1.82. The molecule has 1 aromatic heterocycles. The molecule has 0 N–H and O–H groups in total. The van der Waals surface area contributed by atoms with E-state index in [1.807, 2.05) is 6.07 Å². The SMILES string of the molecule is O=Cc1cc(C2CCCCC2)ncn1. The lowest BCUT2D eigenvalue weighted by molar-refractivity contribution is 0.111. The van der Waals surface area contributed by atoms with Gasteiger partial charge in [-0.2, -0.15) is 0 Å². The van der Waals surface area contributed by atoms with Gasteiger partial charge in [-0.1, -0.05) is 19.3 Å². The molecule has 0 unspecified atom stereocenters. The number of aldehydes is 1. The third-order valence-corrected chi connectivity index (χ3v) is 2.85. The molecule has 0 bridgehead atoms. The van der Waals surface area contributed by atoms with E-state index in [0.29, 0.717) is 11.6 Å². The van der Waals surface area contributed by atoms with Gasteiger partial charge >= 0.3 is 0 Å². The van der Waals surface area contributed by atoms with E-state index in [1.165, 1.54) is 38.4 Å². The minimum absolute atomic E-state index is 0.501. The van der Waals surface area contributed by atoms with Gasteiger partial charge in [-0.25, -0.2) is 9.97 Å². The molecule has 1 aliphatic carbocycles. The van der Waals surface area contributed by atoms with Crippen molar-refractivity contribution in [3.63, 3.8) is 0 Å². The van der Waals surface area contributed by atoms with E-state index in [0.717, 1.165) is 12.0 Å². The van der Waals surface area contributed by atoms with Crippen molar-refractivity contribution in [2.24, 2.45) is 0 Å². The highest BCUT2D eigenvalue weighted by molar-refractivity contribution is 5.71. The van der Waals surface area contributed by atoms with Crippen molar-refractivity contribution in [2.45, 2.75) is 38.0 Å². The molecule has 0 aliphatic heterocycles. The van der Waals surface area contributed by atoms with Crippen LogP contribution in [0, 0.1) is 0 Å². The zero-order chi connectivity index (χ0) is 9.80. The highest BCUT2D eigenvalue weighted by Gasteiger charge is 2.16. The average Bonchev–Trinajstić information content (AvgIpc) is 2.30. The number of hydrogen-bond donors (Lipinski definition) is 0. The molecule has 1 fully saturated rings. The molecule has 1 heterocycles. The lowest BCUT2D eigenvalue weighted by atomic mass is 9.87. The zero-order valence-electron chi connectivity index (χ0n) is 8.15. The van der Waals surface area contributed by atoms with Crippen LogP contribution in [-0.4, -0.2) is 16.3 Å². The second-order valence-electron chi connectivity index (χ2n) is 3.82. The van der Waals surface area contributed by atoms with Crippen LogP contribution in [0.25, 0.3) is 0 Å². The Morgan fingerprint density at radius 3 is 2.71 bits per heavy atom. The Balaban J connectivity index is 2.17. The number of nitrogens with zero attached hydrogens (tertiary/aromatic N) is 2. The van der Waals surface area contributed by atoms with Crippen LogP contribution in [0.3, 0.4) is 0 Å². The summed E-state index contributed by atoms with van der Waals surface area (Å²) in [5.74, 6) is 0.547. The van der Waals surface area contributed by atoms with Gasteiger partial charge in [-0.15, -0.1) is 0 Å². The van der Waals surface area contributed by atoms with E-state index in [1.54, 1.807) is 0 Å². The predicted octanol–water partition coefficient (Wildman–Crippen LogP) is 2.34. The van der Waals surface area contributed by atoms with Crippen LogP contribution in [0.15, 0.2) is 12.4 Å². The summed E-state index contributed by atoms with van der Waals surface area (Å²) < 4.78 is 0. The molecule has 1 aromatic rings. The monoisotopic (exact) mass is 190 g/mol. The highest BCUT2D eigenvalue weighted by atomic mass is 16.1. The Morgan fingerprint density at radius 2 is 2.00 bits per heavy atom. The predicted molar refractivity (Wildman–Crippen MR) is 53.2 cm³/mol. The Bertz CT molecular complexity index is 319. The maximum Gasteiger partial charge on any atom is 0.168 e. The normalized spacial score (nSPS) is 18.0. The van der Waals surface area contributed by atoms with E-state index in [2.05, 4.69) is 9.97 Å². The van der Waals surface area contributed by atoms with Crippen LogP contribution in [0.5, 0.6) is 0 Å². The number of carbonyl (C=O) groups excluding carboxylic acids is 1. The van der Waals surface area contributed by atoms with E-state index in [-0.39, 0.29) is 0 Å². The molecular weight excluding hydrogens is 176 g/mol. The maximum atomic E-state index is 10.6. The van der Waals surface area contributed by atoms with E-state index < -0.39 is 0 Å². The van der Waals surface area contributed by atoms with Crippen molar-refractivity contribution in [3.8, 4) is 0 Å². The second kappa shape index (κ2) is 4.31. The number of carbonyl (C=O) groups is 1. The van der Waals surface area contributed by atoms with Gasteiger partial charge in [0.15, 0.2) is 6.29 Å². The van der Waals surface area contributed by atoms with Gasteiger partial charge in [-0.3, -0.25) is 4.79 Å². The van der Waals surface area contributed by atoms with Crippen LogP contribution < -0.4 is 0 Å². The van der Waals surface area contributed by atoms with Crippen LogP contribution in [-0.2, 0) is 0 Å². The Labute approximate surface area is 83.6 Å². The molecule has 14 heavy (non-hydrogen) atoms. The largest absolute Gasteiger partial charge is 0.296 e. The summed E-state index contributed by atoms with van der Waals surface area (Å²) in [6.45, 7) is 0. The van der Waals surface area contributed by atoms with E-state index in [4.69, 9.17) is 0 Å². The summed E-state index contributed by atoms with van der Waals surface area (Å²) in [6.07, 6.45) is 8.59. The van der Waals surface area contributed by atoms with Gasteiger partial charge in [0, 0.05) is 11.6 Å². The number of hydrogen-bond acceptors (Lipinski definition) is 3. The Hall–Kier alpha value is -1.25. The second-order valence-corrected chi connectivity index (χ2v) is 3.82. The summed E-state index contributed by atoms with van der Waals surface area (Å²) >= 11 is 0. The van der Waals surface area contributed by atoms with Gasteiger partial charge in [0.1, 0.15) is 12.0 Å². The first-order valence-electron chi connectivity index (χ1n) is 5.17. The van der Waals surface area contributed by atoms with Gasteiger partial charge < -0.3 is 0 Å². The molecule has 74 valence electrons. The first-order valence-corrected chi connectivity index (χ1v) is 5.17. The lowest BCUT2D eigenvalue weighted by Crippen LogP contribution is -2.07. The third kappa shape index (κ3) is 1.97. The van der Waals surface area contributed by atoms with E-state index >= 15 is 0 Å². The first-order chi connectivity index (χ1) is 6.90. The van der Waals surface area contributed by atoms with Crippen molar-refractivity contribution in [1.29, 1.82) is 0 Å². The summed E-state index contributed by atoms with van der Waals surface area (Å²) in [5.41, 5.74) is 1.54. The van der Waals surface area contributed by atoms with Crippen LogP contribution >= 0.6 is 0 Å². The lowest BCUT2D eigenvalue weighted by Gasteiger charge is -2.20. The van der Waals surface area contributed by atoms with Crippen LogP contribution in [0.4, 0.5) is 0 Å². The maximum absolute atomic E-state index is 10.6. The first kappa shape index (κ1) is 9.31. The van der Waals surface area contributed by atoms with Gasteiger partial charge in [-0.05, 0) is 18.9 Å². The highest BCUT2D eigenvalue weighted by Crippen LogP contribution is 2.31. The fourth-order valence-corrected chi connectivity index (χ4v) is 2.07. The Morgan fingerprint density at radius 1 is 1.21 bits per heavy atom. The number of rotatable bonds is 2. The summed E-state index contributed by atoms with van der Waals surface area (Å²) in [7, 11) is 0. The molecule has 2 rings (SSSR count). The zero-order valence-corrected chi connectivity index (χ0v) is 8.15. The summed E-state index contributed by atoms with van der Waals surface area (Å²) in [4.78, 5) is 18.7. The molecule has 3 nitrogen and oxygen atoms in total. The molecule has 1 aliphatic rings. The standard InChI is InChI=1S/C11H14N2O/c14-7-10-6-11(13-8-12-10)9-4-2-1-3-5-9/h6-9H,1-5H2. The molecule has 0 spiro atoms. The fourth-order valence-electron chi connectivity index (χ4n) is 2.07. The van der Waals surface area contributed by atoms with Gasteiger partial charge in [0.05, 0.1) is 0 Å². The molecule has 0 aromatic carbocycles. The molecule has 3 heteroatoms. The minimum atomic E-state index is 0.501. The molecule has 0 radical (unpaired) electrons. The molecule has 0 atom stereocenters. The van der Waals surface area contributed by atoms with Gasteiger partial charge in [0.25, 0.3) is 0 Å². The Kier molecular flexibility index (Phi) is 2.87. The fraction of sp³-hybridized carbons (Fsp3) is 0.545. The van der Waals surface area contributed by atoms with Crippen LogP contribution in [0.2, 0.25) is 0 Å². The van der Waals surface area contributed by atoms with Crippen molar-refractivity contribution in [1.82, 2.24) is 9.97 Å². The van der Waals surface area contributed by atoms with Crippen molar-refractivity contribution < 1.29 is 4.79 Å². The molecule has 1 saturated carbocycles. The smallest absolute Gasteiger partial charge is 0.168 e. The van der Waals surface area contributed by atoms with E-state index in [9.17, 15) is 4.79 Å². The van der Waals surface area contributed by atoms with Gasteiger partial charge in [0.2, 0.25) is 0 Å². The number of aromatic nitrogens is 2. The topological polar surface area (TPSA) is 42.9 Å². The minimum Gasteiger partial charge on any atom is -0.296 e. The van der Waals surface area contributed by atoms with Crippen molar-refractivity contribution in [3.05, 3.63) is 23.8 Å². The third-order valence-electron chi connectivity index (χ3n) is 2.85. The summed E-state index contributed by atoms with van der Waals surface area (Å²) in [5, 5.41) is 0. The van der Waals surface area contributed by atoms with Crippen molar-refractivity contribution >= 4 is 6.29 Å². The molecule has 0 saturated heterocycles. The average molecular weight is 190 g/mol.